The van der Waals surface area contributed by atoms with Crippen molar-refractivity contribution in [2.24, 2.45) is 0 Å². The first-order valence-corrected chi connectivity index (χ1v) is 10.1. The van der Waals surface area contributed by atoms with Crippen LogP contribution in [0.4, 0.5) is 4.39 Å². The lowest BCUT2D eigenvalue weighted by molar-refractivity contribution is 0.562. The van der Waals surface area contributed by atoms with Gasteiger partial charge in [-0.3, -0.25) is 0 Å². The van der Waals surface area contributed by atoms with Crippen molar-refractivity contribution in [2.75, 3.05) is 12.0 Å². The molecule has 0 heterocycles. The van der Waals surface area contributed by atoms with Gasteiger partial charge in [0.1, 0.15) is 5.82 Å². The molecule has 1 atom stereocenters. The van der Waals surface area contributed by atoms with Gasteiger partial charge in [0.15, 0.2) is 20.9 Å². The molecule has 0 amide bonds. The first-order chi connectivity index (χ1) is 11.3. The molecule has 0 bridgehead atoms. The molecule has 0 aromatic heterocycles. The Labute approximate surface area is 142 Å². The second-order valence-electron chi connectivity index (χ2n) is 5.10. The lowest BCUT2D eigenvalue weighted by Crippen LogP contribution is -2.01. The van der Waals surface area contributed by atoms with Gasteiger partial charge in [0.2, 0.25) is 0 Å². The van der Waals surface area contributed by atoms with Crippen LogP contribution in [0.3, 0.4) is 0 Å². The standard InChI is InChI=1S/C17H15FO4S2/c1-24(21,22)17-5-3-2-4-15(17)9-7-13-6-8-14(16(18)12-13)10-11-23(19)20/h2-6,8,12H,10-11H2,1H3,(H,19,20). The van der Waals surface area contributed by atoms with Crippen molar-refractivity contribution in [3.63, 3.8) is 0 Å². The van der Waals surface area contributed by atoms with Gasteiger partial charge in [-0.05, 0) is 36.2 Å². The molecule has 1 unspecified atom stereocenters. The molecule has 0 aliphatic carbocycles. The highest BCUT2D eigenvalue weighted by Gasteiger charge is 2.10. The summed E-state index contributed by atoms with van der Waals surface area (Å²) in [5.41, 5.74) is 1.07. The molecule has 2 aromatic carbocycles. The maximum atomic E-state index is 14.0. The summed E-state index contributed by atoms with van der Waals surface area (Å²) in [6.45, 7) is 0. The quantitative estimate of drug-likeness (QED) is 0.666. The van der Waals surface area contributed by atoms with Crippen LogP contribution in [0.5, 0.6) is 0 Å². The average molecular weight is 366 g/mol. The molecule has 0 spiro atoms. The highest BCUT2D eigenvalue weighted by Crippen LogP contribution is 2.15. The largest absolute Gasteiger partial charge is 0.306 e. The van der Waals surface area contributed by atoms with Crippen molar-refractivity contribution in [1.29, 1.82) is 0 Å². The Morgan fingerprint density at radius 1 is 1.17 bits per heavy atom. The summed E-state index contributed by atoms with van der Waals surface area (Å²) >= 11 is -1.97. The molecule has 0 aliphatic heterocycles. The zero-order chi connectivity index (χ0) is 17.7. The van der Waals surface area contributed by atoms with Crippen LogP contribution in [0.25, 0.3) is 0 Å². The van der Waals surface area contributed by atoms with E-state index in [1.54, 1.807) is 24.3 Å². The molecular formula is C17H15FO4S2. The number of benzene rings is 2. The van der Waals surface area contributed by atoms with Crippen molar-refractivity contribution in [1.82, 2.24) is 0 Å². The molecule has 0 radical (unpaired) electrons. The first-order valence-electron chi connectivity index (χ1n) is 6.94. The molecule has 0 saturated carbocycles. The second kappa shape index (κ2) is 7.71. The molecule has 7 heteroatoms. The minimum absolute atomic E-state index is 0.0380. The van der Waals surface area contributed by atoms with Crippen molar-refractivity contribution >= 4 is 20.9 Å². The van der Waals surface area contributed by atoms with Gasteiger partial charge in [-0.1, -0.05) is 30.0 Å². The molecular weight excluding hydrogens is 351 g/mol. The summed E-state index contributed by atoms with van der Waals surface area (Å²) in [5.74, 6) is 4.94. The van der Waals surface area contributed by atoms with E-state index in [0.29, 0.717) is 16.7 Å². The van der Waals surface area contributed by atoms with E-state index < -0.39 is 26.7 Å². The summed E-state index contributed by atoms with van der Waals surface area (Å²) in [6, 6.07) is 10.7. The molecule has 2 aromatic rings. The fraction of sp³-hybridized carbons (Fsp3) is 0.176. The van der Waals surface area contributed by atoms with Gasteiger partial charge in [0.25, 0.3) is 0 Å². The highest BCUT2D eigenvalue weighted by atomic mass is 32.2. The van der Waals surface area contributed by atoms with E-state index in [-0.39, 0.29) is 17.1 Å². The van der Waals surface area contributed by atoms with E-state index in [1.165, 1.54) is 18.2 Å². The van der Waals surface area contributed by atoms with Crippen LogP contribution in [0, 0.1) is 17.7 Å². The topological polar surface area (TPSA) is 71.4 Å². The normalized spacial score (nSPS) is 12.3. The fourth-order valence-electron chi connectivity index (χ4n) is 2.06. The molecule has 0 fully saturated rings. The Balaban J connectivity index is 2.30. The Hall–Kier alpha value is -2.01. The molecule has 2 rings (SSSR count). The van der Waals surface area contributed by atoms with Crippen LogP contribution >= 0.6 is 0 Å². The van der Waals surface area contributed by atoms with Gasteiger partial charge >= 0.3 is 0 Å². The Morgan fingerprint density at radius 2 is 1.88 bits per heavy atom. The molecule has 1 N–H and O–H groups in total. The Kier molecular flexibility index (Phi) is 5.89. The molecule has 24 heavy (non-hydrogen) atoms. The van der Waals surface area contributed by atoms with E-state index in [4.69, 9.17) is 4.55 Å². The maximum absolute atomic E-state index is 14.0. The van der Waals surface area contributed by atoms with Gasteiger partial charge in [0.05, 0.1) is 10.6 Å². The van der Waals surface area contributed by atoms with Gasteiger partial charge in [0, 0.05) is 17.4 Å². The third kappa shape index (κ3) is 4.99. The zero-order valence-electron chi connectivity index (χ0n) is 12.8. The predicted octanol–water partition coefficient (Wildman–Crippen LogP) is 2.39. The summed E-state index contributed by atoms with van der Waals surface area (Å²) in [6.07, 6.45) is 1.26. The van der Waals surface area contributed by atoms with Gasteiger partial charge in [-0.25, -0.2) is 17.0 Å². The molecule has 0 aliphatic rings. The fourth-order valence-corrected chi connectivity index (χ4v) is 3.30. The predicted molar refractivity (Wildman–Crippen MR) is 91.3 cm³/mol. The van der Waals surface area contributed by atoms with Crippen molar-refractivity contribution < 1.29 is 21.6 Å². The number of rotatable bonds is 4. The average Bonchev–Trinajstić information content (AvgIpc) is 2.51. The summed E-state index contributed by atoms with van der Waals surface area (Å²) < 4.78 is 56.8. The summed E-state index contributed by atoms with van der Waals surface area (Å²) in [7, 11) is -3.40. The van der Waals surface area contributed by atoms with Crippen LogP contribution in [0.1, 0.15) is 16.7 Å². The van der Waals surface area contributed by atoms with Crippen LogP contribution in [0.15, 0.2) is 47.4 Å². The SMILES string of the molecule is CS(=O)(=O)c1ccccc1C#Cc1ccc(CCS(=O)O)c(F)c1. The maximum Gasteiger partial charge on any atom is 0.176 e. The minimum atomic E-state index is -3.40. The van der Waals surface area contributed by atoms with Gasteiger partial charge in [-0.15, -0.1) is 0 Å². The van der Waals surface area contributed by atoms with E-state index in [2.05, 4.69) is 11.8 Å². The van der Waals surface area contributed by atoms with Gasteiger partial charge < -0.3 is 4.55 Å². The minimum Gasteiger partial charge on any atom is -0.306 e. The van der Waals surface area contributed by atoms with E-state index >= 15 is 0 Å². The number of hydrogen-bond donors (Lipinski definition) is 1. The van der Waals surface area contributed by atoms with E-state index in [0.717, 1.165) is 6.26 Å². The smallest absolute Gasteiger partial charge is 0.176 e. The number of hydrogen-bond acceptors (Lipinski definition) is 3. The van der Waals surface area contributed by atoms with E-state index in [1.807, 2.05) is 0 Å². The lowest BCUT2D eigenvalue weighted by atomic mass is 10.1. The molecule has 126 valence electrons. The van der Waals surface area contributed by atoms with Crippen LogP contribution in [-0.4, -0.2) is 29.2 Å². The monoisotopic (exact) mass is 366 g/mol. The Bertz CT molecular complexity index is 941. The number of halogens is 1. The third-order valence-electron chi connectivity index (χ3n) is 3.23. The molecule has 4 nitrogen and oxygen atoms in total. The van der Waals surface area contributed by atoms with Crippen LogP contribution in [-0.2, 0) is 27.3 Å². The lowest BCUT2D eigenvalue weighted by Gasteiger charge is -2.02. The highest BCUT2D eigenvalue weighted by molar-refractivity contribution is 7.90. The number of sulfone groups is 1. The van der Waals surface area contributed by atoms with Crippen molar-refractivity contribution in [3.8, 4) is 11.8 Å². The Morgan fingerprint density at radius 3 is 2.50 bits per heavy atom. The molecule has 0 saturated heterocycles. The van der Waals surface area contributed by atoms with Gasteiger partial charge in [-0.2, -0.15) is 0 Å². The zero-order valence-corrected chi connectivity index (χ0v) is 14.5. The second-order valence-corrected chi connectivity index (χ2v) is 8.14. The van der Waals surface area contributed by atoms with Crippen molar-refractivity contribution in [2.45, 2.75) is 11.3 Å². The summed E-state index contributed by atoms with van der Waals surface area (Å²) in [4.78, 5) is 0.125. The van der Waals surface area contributed by atoms with Crippen molar-refractivity contribution in [3.05, 3.63) is 65.0 Å². The summed E-state index contributed by atoms with van der Waals surface area (Å²) in [5, 5.41) is 0. The van der Waals surface area contributed by atoms with Crippen LogP contribution in [0.2, 0.25) is 0 Å². The number of aryl methyl sites for hydroxylation is 1. The first kappa shape index (κ1) is 18.3. The van der Waals surface area contributed by atoms with E-state index in [9.17, 15) is 17.0 Å². The van der Waals surface area contributed by atoms with Crippen LogP contribution < -0.4 is 0 Å². The third-order valence-corrected chi connectivity index (χ3v) is 4.94.